The van der Waals surface area contributed by atoms with Gasteiger partial charge in [0.1, 0.15) is 5.69 Å². The first-order valence-electron chi connectivity index (χ1n) is 8.26. The number of aromatic amines is 1. The van der Waals surface area contributed by atoms with Gasteiger partial charge >= 0.3 is 6.03 Å². The second-order valence-electron chi connectivity index (χ2n) is 6.72. The van der Waals surface area contributed by atoms with Crippen molar-refractivity contribution in [1.29, 1.82) is 0 Å². The fourth-order valence-corrected chi connectivity index (χ4v) is 3.48. The lowest BCUT2D eigenvalue weighted by molar-refractivity contribution is -0.141. The summed E-state index contributed by atoms with van der Waals surface area (Å²) in [4.78, 5) is 46.6. The summed E-state index contributed by atoms with van der Waals surface area (Å²) in [5, 5.41) is 2.80. The van der Waals surface area contributed by atoms with Gasteiger partial charge in [-0.25, -0.2) is 9.78 Å². The molecule has 0 atom stereocenters. The molecule has 25 heavy (non-hydrogen) atoms. The van der Waals surface area contributed by atoms with Crippen LogP contribution < -0.4 is 10.9 Å². The minimum Gasteiger partial charge on any atom is -0.338 e. The number of para-hydroxylation sites is 2. The number of likely N-dealkylation sites (tertiary alicyclic amines) is 1. The van der Waals surface area contributed by atoms with Gasteiger partial charge in [0.2, 0.25) is 5.91 Å². The van der Waals surface area contributed by atoms with E-state index in [-0.39, 0.29) is 29.5 Å². The number of likely N-dealkylation sites (N-methyl/N-ethyl adjacent to an activating group) is 1. The van der Waals surface area contributed by atoms with E-state index in [4.69, 9.17) is 0 Å². The van der Waals surface area contributed by atoms with E-state index in [9.17, 15) is 14.4 Å². The van der Waals surface area contributed by atoms with Crippen LogP contribution in [0.3, 0.4) is 0 Å². The van der Waals surface area contributed by atoms with Crippen molar-refractivity contribution in [3.63, 3.8) is 0 Å². The maximum absolute atomic E-state index is 12.4. The third-order valence-electron chi connectivity index (χ3n) is 5.15. The summed E-state index contributed by atoms with van der Waals surface area (Å²) in [6.07, 6.45) is 0.533. The number of H-pyrrole nitrogens is 1. The topological polar surface area (TPSA) is 98.4 Å². The zero-order valence-corrected chi connectivity index (χ0v) is 13.9. The van der Waals surface area contributed by atoms with Crippen molar-refractivity contribution in [3.05, 3.63) is 40.3 Å². The molecule has 2 N–H and O–H groups in total. The standard InChI is InChI=1S/C17H19N5O3/c1-21-16(25)18-8-17(21)9-22(10-17)14(23)7-6-13-15(24)20-12-5-3-2-4-11(12)19-13/h2-5H,6-10H2,1H3,(H,18,25)(H,20,24). The zero-order chi connectivity index (χ0) is 17.6. The van der Waals surface area contributed by atoms with E-state index in [1.54, 1.807) is 22.9 Å². The van der Waals surface area contributed by atoms with Crippen LogP contribution in [-0.4, -0.2) is 63.9 Å². The lowest BCUT2D eigenvalue weighted by Crippen LogP contribution is -2.70. The van der Waals surface area contributed by atoms with Crippen LogP contribution in [0.1, 0.15) is 12.1 Å². The molecule has 0 unspecified atom stereocenters. The molecule has 2 aromatic rings. The Morgan fingerprint density at radius 3 is 2.76 bits per heavy atom. The number of carbonyl (C=O) groups excluding carboxylic acids is 2. The highest BCUT2D eigenvalue weighted by molar-refractivity contribution is 5.81. The number of rotatable bonds is 3. The second kappa shape index (κ2) is 5.58. The van der Waals surface area contributed by atoms with Crippen molar-refractivity contribution in [2.24, 2.45) is 0 Å². The van der Waals surface area contributed by atoms with Gasteiger partial charge in [0.25, 0.3) is 5.56 Å². The summed E-state index contributed by atoms with van der Waals surface area (Å²) in [5.74, 6) is -0.0206. The van der Waals surface area contributed by atoms with Crippen molar-refractivity contribution < 1.29 is 9.59 Å². The lowest BCUT2D eigenvalue weighted by atomic mass is 9.89. The van der Waals surface area contributed by atoms with E-state index in [0.29, 0.717) is 42.8 Å². The summed E-state index contributed by atoms with van der Waals surface area (Å²) >= 11 is 0. The molecule has 1 aromatic carbocycles. The number of carbonyl (C=O) groups is 2. The smallest absolute Gasteiger partial charge is 0.317 e. The summed E-state index contributed by atoms with van der Waals surface area (Å²) in [5.41, 5.74) is 1.25. The molecule has 2 saturated heterocycles. The second-order valence-corrected chi connectivity index (χ2v) is 6.72. The molecule has 2 aliphatic rings. The number of nitrogens with zero attached hydrogens (tertiary/aromatic N) is 3. The van der Waals surface area contributed by atoms with Gasteiger partial charge in [-0.15, -0.1) is 0 Å². The first-order chi connectivity index (χ1) is 12.0. The van der Waals surface area contributed by atoms with Crippen LogP contribution in [0.2, 0.25) is 0 Å². The van der Waals surface area contributed by atoms with Gasteiger partial charge in [0, 0.05) is 39.5 Å². The molecule has 0 saturated carbocycles. The fourth-order valence-electron chi connectivity index (χ4n) is 3.48. The highest BCUT2D eigenvalue weighted by atomic mass is 16.2. The number of benzene rings is 1. The number of amides is 3. The van der Waals surface area contributed by atoms with E-state index < -0.39 is 0 Å². The van der Waals surface area contributed by atoms with Crippen molar-refractivity contribution >= 4 is 23.0 Å². The van der Waals surface area contributed by atoms with Gasteiger partial charge < -0.3 is 20.1 Å². The Kier molecular flexibility index (Phi) is 3.48. The molecule has 1 aromatic heterocycles. The summed E-state index contributed by atoms with van der Waals surface area (Å²) < 4.78 is 0. The summed E-state index contributed by atoms with van der Waals surface area (Å²) in [6.45, 7) is 1.63. The van der Waals surface area contributed by atoms with Gasteiger partial charge in [-0.05, 0) is 12.1 Å². The lowest BCUT2D eigenvalue weighted by Gasteiger charge is -2.50. The molecule has 1 spiro atoms. The molecule has 0 aliphatic carbocycles. The maximum atomic E-state index is 12.4. The number of hydrogen-bond donors (Lipinski definition) is 2. The van der Waals surface area contributed by atoms with E-state index in [0.717, 1.165) is 0 Å². The fraction of sp³-hybridized carbons (Fsp3) is 0.412. The zero-order valence-electron chi connectivity index (χ0n) is 13.9. The van der Waals surface area contributed by atoms with Gasteiger partial charge in [-0.2, -0.15) is 0 Å². The van der Waals surface area contributed by atoms with Gasteiger partial charge in [0.15, 0.2) is 0 Å². The van der Waals surface area contributed by atoms with Crippen molar-refractivity contribution in [1.82, 2.24) is 25.1 Å². The van der Waals surface area contributed by atoms with Gasteiger partial charge in [-0.1, -0.05) is 12.1 Å². The van der Waals surface area contributed by atoms with Crippen LogP contribution >= 0.6 is 0 Å². The molecule has 0 radical (unpaired) electrons. The van der Waals surface area contributed by atoms with E-state index in [1.165, 1.54) is 0 Å². The molecule has 8 nitrogen and oxygen atoms in total. The van der Waals surface area contributed by atoms with Crippen LogP contribution in [0.25, 0.3) is 11.0 Å². The minimum atomic E-state index is -0.272. The van der Waals surface area contributed by atoms with Crippen molar-refractivity contribution in [2.45, 2.75) is 18.4 Å². The van der Waals surface area contributed by atoms with Crippen molar-refractivity contribution in [3.8, 4) is 0 Å². The van der Waals surface area contributed by atoms with Gasteiger partial charge in [-0.3, -0.25) is 9.59 Å². The molecule has 3 amide bonds. The SMILES string of the molecule is CN1C(=O)NCC12CN(C(=O)CCc1nc3ccccc3[nH]c1=O)C2. The molecule has 130 valence electrons. The third-order valence-corrected chi connectivity index (χ3v) is 5.15. The van der Waals surface area contributed by atoms with Crippen LogP contribution in [-0.2, 0) is 11.2 Å². The Bertz CT molecular complexity index is 916. The number of hydrogen-bond acceptors (Lipinski definition) is 4. The van der Waals surface area contributed by atoms with Crippen molar-refractivity contribution in [2.75, 3.05) is 26.7 Å². The highest BCUT2D eigenvalue weighted by Crippen LogP contribution is 2.30. The number of nitrogens with one attached hydrogen (secondary N) is 2. The number of urea groups is 1. The first-order valence-corrected chi connectivity index (χ1v) is 8.26. The Balaban J connectivity index is 1.39. The van der Waals surface area contributed by atoms with E-state index >= 15 is 0 Å². The minimum absolute atomic E-state index is 0.0206. The molecule has 3 heterocycles. The third kappa shape index (κ3) is 2.54. The quantitative estimate of drug-likeness (QED) is 0.827. The van der Waals surface area contributed by atoms with Crippen LogP contribution in [0, 0.1) is 0 Å². The molecule has 2 fully saturated rings. The molecular formula is C17H19N5O3. The normalized spacial score (nSPS) is 18.5. The molecule has 8 heteroatoms. The average Bonchev–Trinajstić information content (AvgIpc) is 2.87. The molecule has 4 rings (SSSR count). The van der Waals surface area contributed by atoms with Crippen LogP contribution in [0.15, 0.2) is 29.1 Å². The van der Waals surface area contributed by atoms with Crippen LogP contribution in [0.5, 0.6) is 0 Å². The molecule has 2 aliphatic heterocycles. The Morgan fingerprint density at radius 1 is 1.28 bits per heavy atom. The monoisotopic (exact) mass is 341 g/mol. The number of fused-ring (bicyclic) bond motifs is 1. The predicted octanol–water partition coefficient (Wildman–Crippen LogP) is 0.0917. The first kappa shape index (κ1) is 15.6. The Labute approximate surface area is 143 Å². The average molecular weight is 341 g/mol. The highest BCUT2D eigenvalue weighted by Gasteiger charge is 2.53. The summed E-state index contributed by atoms with van der Waals surface area (Å²) in [6, 6.07) is 7.22. The molecular weight excluding hydrogens is 322 g/mol. The van der Waals surface area contributed by atoms with E-state index in [1.807, 2.05) is 18.2 Å². The Hall–Kier alpha value is -2.90. The Morgan fingerprint density at radius 2 is 2.04 bits per heavy atom. The van der Waals surface area contributed by atoms with Crippen LogP contribution in [0.4, 0.5) is 4.79 Å². The summed E-state index contributed by atoms with van der Waals surface area (Å²) in [7, 11) is 1.75. The van der Waals surface area contributed by atoms with E-state index in [2.05, 4.69) is 15.3 Å². The largest absolute Gasteiger partial charge is 0.338 e. The molecule has 0 bridgehead atoms. The van der Waals surface area contributed by atoms with Gasteiger partial charge in [0.05, 0.1) is 16.6 Å². The maximum Gasteiger partial charge on any atom is 0.317 e. The number of aromatic nitrogens is 2. The predicted molar refractivity (Wildman–Crippen MR) is 91.2 cm³/mol. The number of aryl methyl sites for hydroxylation is 1.